The number of benzene rings is 1. The van der Waals surface area contributed by atoms with E-state index in [0.717, 1.165) is 17.8 Å². The van der Waals surface area contributed by atoms with Crippen molar-refractivity contribution in [2.24, 2.45) is 0 Å². The van der Waals surface area contributed by atoms with Gasteiger partial charge in [-0.1, -0.05) is 19.8 Å². The molecule has 0 amide bonds. The number of rotatable bonds is 4. The summed E-state index contributed by atoms with van der Waals surface area (Å²) in [6, 6.07) is 5.81. The second-order valence-electron chi connectivity index (χ2n) is 3.47. The van der Waals surface area contributed by atoms with Crippen molar-refractivity contribution in [1.29, 1.82) is 0 Å². The van der Waals surface area contributed by atoms with Crippen LogP contribution in [0, 0.1) is 0 Å². The normalized spacial score (nSPS) is 10.2. The second-order valence-corrected chi connectivity index (χ2v) is 3.47. The summed E-state index contributed by atoms with van der Waals surface area (Å²) in [5.74, 6) is 0. The Balaban J connectivity index is 2.56. The molecule has 0 fully saturated rings. The third kappa shape index (κ3) is 3.36. The van der Waals surface area contributed by atoms with Gasteiger partial charge in [-0.25, -0.2) is 0 Å². The van der Waals surface area contributed by atoms with Crippen LogP contribution in [0.3, 0.4) is 0 Å². The fraction of sp³-hybridized carbons (Fsp3) is 0.455. The molecule has 0 saturated carbocycles. The molecule has 1 rings (SSSR count). The Morgan fingerprint density at radius 3 is 2.15 bits per heavy atom. The Hall–Kier alpha value is -1.18. The average Bonchev–Trinajstić information content (AvgIpc) is 2.03. The highest BCUT2D eigenvalue weighted by Crippen LogP contribution is 2.15. The highest BCUT2D eigenvalue weighted by Gasteiger charge is 1.96. The molecular weight excluding hydrogens is 160 g/mol. The molecule has 0 saturated heterocycles. The Morgan fingerprint density at radius 2 is 1.62 bits per heavy atom. The smallest absolute Gasteiger partial charge is 0.0337 e. The molecule has 1 aromatic rings. The molecule has 0 atom stereocenters. The lowest BCUT2D eigenvalue weighted by Crippen LogP contribution is -1.94. The van der Waals surface area contributed by atoms with Gasteiger partial charge in [0, 0.05) is 11.4 Å². The van der Waals surface area contributed by atoms with Gasteiger partial charge < -0.3 is 11.5 Å². The van der Waals surface area contributed by atoms with Crippen LogP contribution in [0.5, 0.6) is 0 Å². The van der Waals surface area contributed by atoms with Crippen LogP contribution < -0.4 is 11.5 Å². The standard InChI is InChI=1S/C11H18N2/c1-2-3-4-5-9-6-10(12)8-11(13)7-9/h6-8H,2-5,12-13H2,1H3. The predicted molar refractivity (Wildman–Crippen MR) is 58.5 cm³/mol. The lowest BCUT2D eigenvalue weighted by atomic mass is 10.1. The first-order valence-electron chi connectivity index (χ1n) is 4.87. The molecule has 0 heterocycles. The fourth-order valence-corrected chi connectivity index (χ4v) is 1.47. The molecule has 0 spiro atoms. The highest BCUT2D eigenvalue weighted by atomic mass is 14.6. The van der Waals surface area contributed by atoms with E-state index in [9.17, 15) is 0 Å². The first-order valence-corrected chi connectivity index (χ1v) is 4.87. The number of hydrogen-bond donors (Lipinski definition) is 2. The molecular formula is C11H18N2. The van der Waals surface area contributed by atoms with Gasteiger partial charge in [-0.15, -0.1) is 0 Å². The number of nitrogens with two attached hydrogens (primary N) is 2. The number of unbranched alkanes of at least 4 members (excludes halogenated alkanes) is 2. The van der Waals surface area contributed by atoms with Crippen LogP contribution in [0.25, 0.3) is 0 Å². The van der Waals surface area contributed by atoms with E-state index in [0.29, 0.717) is 0 Å². The van der Waals surface area contributed by atoms with E-state index >= 15 is 0 Å². The molecule has 2 heteroatoms. The van der Waals surface area contributed by atoms with Crippen LogP contribution in [0.15, 0.2) is 18.2 Å². The average molecular weight is 178 g/mol. The predicted octanol–water partition coefficient (Wildman–Crippen LogP) is 2.58. The van der Waals surface area contributed by atoms with E-state index in [-0.39, 0.29) is 0 Å². The second kappa shape index (κ2) is 4.75. The van der Waals surface area contributed by atoms with Crippen molar-refractivity contribution < 1.29 is 0 Å². The van der Waals surface area contributed by atoms with Gasteiger partial charge in [0.15, 0.2) is 0 Å². The Kier molecular flexibility index (Phi) is 3.62. The van der Waals surface area contributed by atoms with Crippen molar-refractivity contribution in [1.82, 2.24) is 0 Å². The minimum atomic E-state index is 0.770. The first-order chi connectivity index (χ1) is 6.22. The van der Waals surface area contributed by atoms with Gasteiger partial charge in [0.05, 0.1) is 0 Å². The van der Waals surface area contributed by atoms with Crippen molar-refractivity contribution in [2.75, 3.05) is 11.5 Å². The van der Waals surface area contributed by atoms with Crippen molar-refractivity contribution in [3.63, 3.8) is 0 Å². The van der Waals surface area contributed by atoms with Crippen LogP contribution in [-0.4, -0.2) is 0 Å². The maximum atomic E-state index is 5.68. The third-order valence-corrected chi connectivity index (χ3v) is 2.11. The van der Waals surface area contributed by atoms with Crippen LogP contribution in [0.2, 0.25) is 0 Å². The summed E-state index contributed by atoms with van der Waals surface area (Å²) in [5, 5.41) is 0. The van der Waals surface area contributed by atoms with Crippen LogP contribution >= 0.6 is 0 Å². The molecule has 0 aliphatic carbocycles. The summed E-state index contributed by atoms with van der Waals surface area (Å²) in [6.07, 6.45) is 4.83. The lowest BCUT2D eigenvalue weighted by Gasteiger charge is -2.03. The first kappa shape index (κ1) is 9.90. The molecule has 0 aromatic heterocycles. The van der Waals surface area contributed by atoms with E-state index < -0.39 is 0 Å². The Morgan fingerprint density at radius 1 is 1.00 bits per heavy atom. The van der Waals surface area contributed by atoms with E-state index in [2.05, 4.69) is 6.92 Å². The quantitative estimate of drug-likeness (QED) is 0.550. The molecule has 0 aliphatic heterocycles. The van der Waals surface area contributed by atoms with Crippen LogP contribution in [-0.2, 0) is 6.42 Å². The number of nitrogen functional groups attached to an aromatic ring is 2. The summed E-state index contributed by atoms with van der Waals surface area (Å²) in [6.45, 7) is 2.20. The van der Waals surface area contributed by atoms with Gasteiger partial charge in [-0.3, -0.25) is 0 Å². The topological polar surface area (TPSA) is 52.0 Å². The molecule has 1 aromatic carbocycles. The fourth-order valence-electron chi connectivity index (χ4n) is 1.47. The van der Waals surface area contributed by atoms with E-state index in [1.807, 2.05) is 12.1 Å². The van der Waals surface area contributed by atoms with E-state index in [4.69, 9.17) is 11.5 Å². The van der Waals surface area contributed by atoms with Crippen molar-refractivity contribution in [3.05, 3.63) is 23.8 Å². The van der Waals surface area contributed by atoms with E-state index in [1.165, 1.54) is 24.8 Å². The number of hydrogen-bond acceptors (Lipinski definition) is 2. The summed E-state index contributed by atoms with van der Waals surface area (Å²) in [4.78, 5) is 0. The molecule has 0 radical (unpaired) electrons. The van der Waals surface area contributed by atoms with Crippen molar-refractivity contribution >= 4 is 11.4 Å². The zero-order chi connectivity index (χ0) is 9.68. The summed E-state index contributed by atoms with van der Waals surface area (Å²) >= 11 is 0. The molecule has 0 bridgehead atoms. The minimum Gasteiger partial charge on any atom is -0.399 e. The largest absolute Gasteiger partial charge is 0.399 e. The van der Waals surface area contributed by atoms with Gasteiger partial charge in [-0.2, -0.15) is 0 Å². The van der Waals surface area contributed by atoms with Gasteiger partial charge >= 0.3 is 0 Å². The summed E-state index contributed by atoms with van der Waals surface area (Å²) in [5.41, 5.74) is 14.2. The lowest BCUT2D eigenvalue weighted by molar-refractivity contribution is 0.718. The van der Waals surface area contributed by atoms with Gasteiger partial charge in [0.1, 0.15) is 0 Å². The number of anilines is 2. The van der Waals surface area contributed by atoms with Crippen LogP contribution in [0.4, 0.5) is 11.4 Å². The Bertz CT molecular complexity index is 249. The monoisotopic (exact) mass is 178 g/mol. The zero-order valence-corrected chi connectivity index (χ0v) is 8.22. The molecule has 0 aliphatic rings. The summed E-state index contributed by atoms with van der Waals surface area (Å²) in [7, 11) is 0. The minimum absolute atomic E-state index is 0.770. The maximum Gasteiger partial charge on any atom is 0.0337 e. The molecule has 2 nitrogen and oxygen atoms in total. The van der Waals surface area contributed by atoms with Crippen LogP contribution in [0.1, 0.15) is 31.7 Å². The zero-order valence-electron chi connectivity index (χ0n) is 8.22. The molecule has 4 N–H and O–H groups in total. The highest BCUT2D eigenvalue weighted by molar-refractivity contribution is 5.54. The molecule has 0 unspecified atom stereocenters. The Labute approximate surface area is 79.9 Å². The van der Waals surface area contributed by atoms with E-state index in [1.54, 1.807) is 6.07 Å². The molecule has 72 valence electrons. The SMILES string of the molecule is CCCCCc1cc(N)cc(N)c1. The van der Waals surface area contributed by atoms with Crippen molar-refractivity contribution in [2.45, 2.75) is 32.6 Å². The van der Waals surface area contributed by atoms with Gasteiger partial charge in [-0.05, 0) is 36.6 Å². The third-order valence-electron chi connectivity index (χ3n) is 2.11. The number of aryl methyl sites for hydroxylation is 1. The van der Waals surface area contributed by atoms with Gasteiger partial charge in [0.2, 0.25) is 0 Å². The maximum absolute atomic E-state index is 5.68. The summed E-state index contributed by atoms with van der Waals surface area (Å²) < 4.78 is 0. The van der Waals surface area contributed by atoms with Gasteiger partial charge in [0.25, 0.3) is 0 Å². The molecule has 13 heavy (non-hydrogen) atoms. The van der Waals surface area contributed by atoms with Crippen molar-refractivity contribution in [3.8, 4) is 0 Å².